The molecule has 3 heteroatoms. The molecule has 0 radical (unpaired) electrons. The summed E-state index contributed by atoms with van der Waals surface area (Å²) < 4.78 is 5.40. The van der Waals surface area contributed by atoms with Gasteiger partial charge in [0.15, 0.2) is 0 Å². The second-order valence-electron chi connectivity index (χ2n) is 4.67. The van der Waals surface area contributed by atoms with Crippen LogP contribution in [-0.4, -0.2) is 24.1 Å². The van der Waals surface area contributed by atoms with Crippen LogP contribution < -0.4 is 0 Å². The van der Waals surface area contributed by atoms with E-state index in [2.05, 4.69) is 6.07 Å². The zero-order chi connectivity index (χ0) is 12.4. The van der Waals surface area contributed by atoms with E-state index >= 15 is 0 Å². The van der Waals surface area contributed by atoms with E-state index in [-0.39, 0.29) is 0 Å². The van der Waals surface area contributed by atoms with Crippen LogP contribution in [0.5, 0.6) is 5.75 Å². The van der Waals surface area contributed by atoms with E-state index in [0.29, 0.717) is 11.7 Å². The standard InChI is InChI=1S/C15H16O2S/c16-14-5-6-15(13-4-2-1-3-12(13)14)18-10-11-7-8-17-9-11/h1-6,11,16H,7-10H2. The fraction of sp³-hybridized carbons (Fsp3) is 0.333. The number of rotatable bonds is 3. The minimum absolute atomic E-state index is 0.360. The van der Waals surface area contributed by atoms with Crippen molar-refractivity contribution < 1.29 is 9.84 Å². The Hall–Kier alpha value is -1.19. The van der Waals surface area contributed by atoms with Crippen LogP contribution in [0.3, 0.4) is 0 Å². The van der Waals surface area contributed by atoms with Crippen molar-refractivity contribution in [3.63, 3.8) is 0 Å². The van der Waals surface area contributed by atoms with Crippen LogP contribution in [0.1, 0.15) is 6.42 Å². The molecule has 1 atom stereocenters. The molecule has 18 heavy (non-hydrogen) atoms. The molecular weight excluding hydrogens is 244 g/mol. The van der Waals surface area contributed by atoms with Gasteiger partial charge in [0.25, 0.3) is 0 Å². The van der Waals surface area contributed by atoms with E-state index in [9.17, 15) is 5.11 Å². The molecule has 2 aromatic rings. The van der Waals surface area contributed by atoms with Crippen molar-refractivity contribution in [3.05, 3.63) is 36.4 Å². The highest BCUT2D eigenvalue weighted by Crippen LogP contribution is 2.34. The number of hydrogen-bond acceptors (Lipinski definition) is 3. The van der Waals surface area contributed by atoms with Gasteiger partial charge < -0.3 is 9.84 Å². The number of aromatic hydroxyl groups is 1. The van der Waals surface area contributed by atoms with Crippen LogP contribution in [0.25, 0.3) is 10.8 Å². The first-order chi connectivity index (χ1) is 8.84. The van der Waals surface area contributed by atoms with Gasteiger partial charge in [-0.3, -0.25) is 0 Å². The number of phenols is 1. The minimum Gasteiger partial charge on any atom is -0.507 e. The topological polar surface area (TPSA) is 29.5 Å². The second kappa shape index (κ2) is 5.21. The predicted octanol–water partition coefficient (Wildman–Crippen LogP) is 3.67. The maximum absolute atomic E-state index is 9.85. The molecule has 1 unspecified atom stereocenters. The van der Waals surface area contributed by atoms with E-state index in [1.165, 1.54) is 11.3 Å². The first kappa shape index (κ1) is 11.9. The highest BCUT2D eigenvalue weighted by molar-refractivity contribution is 7.99. The quantitative estimate of drug-likeness (QED) is 0.854. The summed E-state index contributed by atoms with van der Waals surface area (Å²) in [5.41, 5.74) is 0. The summed E-state index contributed by atoms with van der Waals surface area (Å²) >= 11 is 1.86. The Kier molecular flexibility index (Phi) is 3.43. The number of fused-ring (bicyclic) bond motifs is 1. The van der Waals surface area contributed by atoms with Crippen molar-refractivity contribution in [2.75, 3.05) is 19.0 Å². The summed E-state index contributed by atoms with van der Waals surface area (Å²) in [7, 11) is 0. The summed E-state index contributed by atoms with van der Waals surface area (Å²) in [5.74, 6) is 2.12. The highest BCUT2D eigenvalue weighted by Gasteiger charge is 2.16. The lowest BCUT2D eigenvalue weighted by molar-refractivity contribution is 0.189. The number of benzene rings is 2. The Balaban J connectivity index is 1.85. The molecule has 1 heterocycles. The molecule has 0 aromatic heterocycles. The van der Waals surface area contributed by atoms with Gasteiger partial charge >= 0.3 is 0 Å². The third-order valence-corrected chi connectivity index (χ3v) is 4.66. The fourth-order valence-electron chi connectivity index (χ4n) is 2.30. The smallest absolute Gasteiger partial charge is 0.123 e. The van der Waals surface area contributed by atoms with Crippen molar-refractivity contribution >= 4 is 22.5 Å². The molecule has 1 aliphatic heterocycles. The van der Waals surface area contributed by atoms with Gasteiger partial charge in [0.2, 0.25) is 0 Å². The van der Waals surface area contributed by atoms with Gasteiger partial charge in [0.05, 0.1) is 6.61 Å². The maximum Gasteiger partial charge on any atom is 0.123 e. The maximum atomic E-state index is 9.85. The Labute approximate surface area is 111 Å². The van der Waals surface area contributed by atoms with E-state index in [0.717, 1.165) is 29.7 Å². The van der Waals surface area contributed by atoms with Crippen LogP contribution in [0, 0.1) is 5.92 Å². The van der Waals surface area contributed by atoms with E-state index in [1.807, 2.05) is 36.0 Å². The lowest BCUT2D eigenvalue weighted by Gasteiger charge is -2.10. The monoisotopic (exact) mass is 260 g/mol. The number of thioether (sulfide) groups is 1. The molecule has 2 nitrogen and oxygen atoms in total. The number of phenolic OH excluding ortho intramolecular Hbond substituents is 1. The van der Waals surface area contributed by atoms with Crippen molar-refractivity contribution in [1.82, 2.24) is 0 Å². The van der Waals surface area contributed by atoms with E-state index < -0.39 is 0 Å². The van der Waals surface area contributed by atoms with E-state index in [4.69, 9.17) is 4.74 Å². The molecule has 0 saturated carbocycles. The summed E-state index contributed by atoms with van der Waals surface area (Å²) in [6.07, 6.45) is 1.17. The van der Waals surface area contributed by atoms with Crippen molar-refractivity contribution in [2.45, 2.75) is 11.3 Å². The zero-order valence-corrected chi connectivity index (χ0v) is 11.0. The lowest BCUT2D eigenvalue weighted by atomic mass is 10.1. The van der Waals surface area contributed by atoms with Gasteiger partial charge in [-0.15, -0.1) is 11.8 Å². The second-order valence-corrected chi connectivity index (χ2v) is 5.73. The third kappa shape index (κ3) is 2.33. The number of ether oxygens (including phenoxy) is 1. The van der Waals surface area contributed by atoms with Gasteiger partial charge in [-0.1, -0.05) is 24.3 Å². The van der Waals surface area contributed by atoms with Crippen LogP contribution in [-0.2, 0) is 4.74 Å². The zero-order valence-electron chi connectivity index (χ0n) is 10.1. The summed E-state index contributed by atoms with van der Waals surface area (Å²) in [4.78, 5) is 1.25. The summed E-state index contributed by atoms with van der Waals surface area (Å²) in [6.45, 7) is 1.80. The first-order valence-electron chi connectivity index (χ1n) is 6.26. The Morgan fingerprint density at radius 2 is 2.00 bits per heavy atom. The van der Waals surface area contributed by atoms with Gasteiger partial charge in [-0.2, -0.15) is 0 Å². The first-order valence-corrected chi connectivity index (χ1v) is 7.24. The molecule has 3 rings (SSSR count). The highest BCUT2D eigenvalue weighted by atomic mass is 32.2. The molecule has 1 saturated heterocycles. The fourth-order valence-corrected chi connectivity index (χ4v) is 3.48. The number of hydrogen-bond donors (Lipinski definition) is 1. The Morgan fingerprint density at radius 3 is 2.78 bits per heavy atom. The molecule has 94 valence electrons. The van der Waals surface area contributed by atoms with Gasteiger partial charge in [0.1, 0.15) is 5.75 Å². The molecule has 2 aromatic carbocycles. The Bertz CT molecular complexity index is 547. The summed E-state index contributed by atoms with van der Waals surface area (Å²) in [5, 5.41) is 11.9. The molecule has 0 amide bonds. The van der Waals surface area contributed by atoms with E-state index in [1.54, 1.807) is 6.07 Å². The molecule has 0 aliphatic carbocycles. The Morgan fingerprint density at radius 1 is 1.17 bits per heavy atom. The van der Waals surface area contributed by atoms with Crippen LogP contribution in [0.4, 0.5) is 0 Å². The van der Waals surface area contributed by atoms with Gasteiger partial charge in [0, 0.05) is 22.6 Å². The van der Waals surface area contributed by atoms with Crippen molar-refractivity contribution in [2.24, 2.45) is 5.92 Å². The molecule has 1 N–H and O–H groups in total. The van der Waals surface area contributed by atoms with Gasteiger partial charge in [-0.25, -0.2) is 0 Å². The van der Waals surface area contributed by atoms with Crippen molar-refractivity contribution in [3.8, 4) is 5.75 Å². The molecule has 1 fully saturated rings. The van der Waals surface area contributed by atoms with Crippen LogP contribution in [0.2, 0.25) is 0 Å². The average molecular weight is 260 g/mol. The summed E-state index contributed by atoms with van der Waals surface area (Å²) in [6, 6.07) is 11.8. The van der Waals surface area contributed by atoms with Crippen molar-refractivity contribution in [1.29, 1.82) is 0 Å². The average Bonchev–Trinajstić information content (AvgIpc) is 2.92. The predicted molar refractivity (Wildman–Crippen MR) is 75.3 cm³/mol. The molecule has 1 aliphatic rings. The van der Waals surface area contributed by atoms with Crippen LogP contribution in [0.15, 0.2) is 41.3 Å². The minimum atomic E-state index is 0.360. The lowest BCUT2D eigenvalue weighted by Crippen LogP contribution is -2.01. The normalized spacial score (nSPS) is 19.4. The molecule has 0 spiro atoms. The molecular formula is C15H16O2S. The SMILES string of the molecule is Oc1ccc(SCC2CCOC2)c2ccccc12. The largest absolute Gasteiger partial charge is 0.507 e. The third-order valence-electron chi connectivity index (χ3n) is 3.36. The van der Waals surface area contributed by atoms with Crippen LogP contribution >= 0.6 is 11.8 Å². The van der Waals surface area contributed by atoms with Gasteiger partial charge in [-0.05, 0) is 29.9 Å². The molecule has 0 bridgehead atoms.